The smallest absolute Gasteiger partial charge is 0.120 e. The summed E-state index contributed by atoms with van der Waals surface area (Å²) in [6.45, 7) is 2.84. The molecule has 1 atom stereocenters. The lowest BCUT2D eigenvalue weighted by molar-refractivity contribution is 0.251. The van der Waals surface area contributed by atoms with Crippen LogP contribution in [0.15, 0.2) is 60.7 Å². The Balaban J connectivity index is 1.95. The minimum absolute atomic E-state index is 0.256. The van der Waals surface area contributed by atoms with Gasteiger partial charge in [-0.1, -0.05) is 42.5 Å². The molecule has 3 aromatic rings. The van der Waals surface area contributed by atoms with Gasteiger partial charge in [0, 0.05) is 18.2 Å². The van der Waals surface area contributed by atoms with Crippen molar-refractivity contribution < 1.29 is 9.84 Å². The molecule has 3 heteroatoms. The van der Waals surface area contributed by atoms with Crippen LogP contribution in [0.4, 0.5) is 0 Å². The van der Waals surface area contributed by atoms with Crippen molar-refractivity contribution in [2.24, 2.45) is 0 Å². The predicted molar refractivity (Wildman–Crippen MR) is 98.5 cm³/mol. The van der Waals surface area contributed by atoms with E-state index in [2.05, 4.69) is 43.1 Å². The molecular formula is C21H23NO2. The summed E-state index contributed by atoms with van der Waals surface area (Å²) in [5, 5.41) is 12.5. The highest BCUT2D eigenvalue weighted by atomic mass is 16.5. The molecule has 0 aromatic heterocycles. The van der Waals surface area contributed by atoms with E-state index in [0.717, 1.165) is 22.1 Å². The molecule has 0 spiro atoms. The predicted octanol–water partition coefficient (Wildman–Crippen LogP) is 4.75. The fourth-order valence-corrected chi connectivity index (χ4v) is 3.01. The number of benzene rings is 3. The van der Waals surface area contributed by atoms with E-state index in [-0.39, 0.29) is 6.04 Å². The second-order valence-corrected chi connectivity index (χ2v) is 6.15. The highest BCUT2D eigenvalue weighted by molar-refractivity contribution is 5.88. The summed E-state index contributed by atoms with van der Waals surface area (Å²) in [7, 11) is 3.74. The Morgan fingerprint density at radius 1 is 1.04 bits per heavy atom. The lowest BCUT2D eigenvalue weighted by atomic mass is 10.0. The largest absolute Gasteiger partial charge is 0.508 e. The van der Waals surface area contributed by atoms with Gasteiger partial charge in [-0.05, 0) is 48.5 Å². The van der Waals surface area contributed by atoms with Crippen LogP contribution in [0.25, 0.3) is 10.8 Å². The molecule has 3 aromatic carbocycles. The molecule has 24 heavy (non-hydrogen) atoms. The van der Waals surface area contributed by atoms with E-state index in [1.54, 1.807) is 13.2 Å². The van der Waals surface area contributed by atoms with Gasteiger partial charge in [-0.3, -0.25) is 4.90 Å². The molecule has 0 bridgehead atoms. The summed E-state index contributed by atoms with van der Waals surface area (Å²) in [5.74, 6) is 1.12. The summed E-state index contributed by atoms with van der Waals surface area (Å²) in [4.78, 5) is 2.24. The number of nitrogens with zero attached hydrogens (tertiary/aromatic N) is 1. The molecule has 3 rings (SSSR count). The normalized spacial score (nSPS) is 12.5. The van der Waals surface area contributed by atoms with Gasteiger partial charge >= 0.3 is 0 Å². The van der Waals surface area contributed by atoms with Gasteiger partial charge in [-0.15, -0.1) is 0 Å². The topological polar surface area (TPSA) is 32.7 Å². The number of ether oxygens (including phenoxy) is 1. The average molecular weight is 321 g/mol. The number of hydrogen-bond donors (Lipinski definition) is 1. The van der Waals surface area contributed by atoms with Crippen molar-refractivity contribution in [3.8, 4) is 11.5 Å². The van der Waals surface area contributed by atoms with Crippen LogP contribution >= 0.6 is 0 Å². The zero-order chi connectivity index (χ0) is 17.1. The monoisotopic (exact) mass is 321 g/mol. The van der Waals surface area contributed by atoms with Gasteiger partial charge in [-0.25, -0.2) is 0 Å². The summed E-state index contributed by atoms with van der Waals surface area (Å²) in [5.41, 5.74) is 2.19. The first-order valence-electron chi connectivity index (χ1n) is 8.14. The van der Waals surface area contributed by atoms with Crippen molar-refractivity contribution in [2.45, 2.75) is 19.5 Å². The molecule has 0 heterocycles. The fourth-order valence-electron chi connectivity index (χ4n) is 3.01. The van der Waals surface area contributed by atoms with Gasteiger partial charge in [0.15, 0.2) is 0 Å². The average Bonchev–Trinajstić information content (AvgIpc) is 2.63. The first-order chi connectivity index (χ1) is 11.6. The number of hydrogen-bond acceptors (Lipinski definition) is 3. The quantitative estimate of drug-likeness (QED) is 0.736. The second-order valence-electron chi connectivity index (χ2n) is 6.15. The summed E-state index contributed by atoms with van der Waals surface area (Å²) in [6, 6.07) is 20.3. The number of rotatable bonds is 5. The van der Waals surface area contributed by atoms with Crippen LogP contribution in [0, 0.1) is 0 Å². The Labute approximate surface area is 143 Å². The fraction of sp³-hybridized carbons (Fsp3) is 0.238. The zero-order valence-corrected chi connectivity index (χ0v) is 14.4. The maximum atomic E-state index is 10.4. The van der Waals surface area contributed by atoms with Crippen molar-refractivity contribution in [2.75, 3.05) is 14.2 Å². The third-order valence-corrected chi connectivity index (χ3v) is 4.67. The summed E-state index contributed by atoms with van der Waals surface area (Å²) >= 11 is 0. The third kappa shape index (κ3) is 3.22. The van der Waals surface area contributed by atoms with Gasteiger partial charge < -0.3 is 9.84 Å². The van der Waals surface area contributed by atoms with Gasteiger partial charge in [-0.2, -0.15) is 0 Å². The molecule has 0 radical (unpaired) electrons. The lowest BCUT2D eigenvalue weighted by Gasteiger charge is -2.26. The maximum absolute atomic E-state index is 10.4. The minimum Gasteiger partial charge on any atom is -0.508 e. The van der Waals surface area contributed by atoms with Crippen LogP contribution < -0.4 is 4.74 Å². The van der Waals surface area contributed by atoms with E-state index < -0.39 is 0 Å². The van der Waals surface area contributed by atoms with Gasteiger partial charge in [0.05, 0.1) is 7.11 Å². The molecule has 124 valence electrons. The highest BCUT2D eigenvalue weighted by Gasteiger charge is 2.16. The van der Waals surface area contributed by atoms with Gasteiger partial charge in [0.1, 0.15) is 11.5 Å². The van der Waals surface area contributed by atoms with Crippen LogP contribution in [0.3, 0.4) is 0 Å². The van der Waals surface area contributed by atoms with Gasteiger partial charge in [0.25, 0.3) is 0 Å². The Morgan fingerprint density at radius 2 is 1.75 bits per heavy atom. The van der Waals surface area contributed by atoms with Crippen LogP contribution in [0.2, 0.25) is 0 Å². The third-order valence-electron chi connectivity index (χ3n) is 4.67. The molecular weight excluding hydrogens is 298 g/mol. The van der Waals surface area contributed by atoms with Crippen molar-refractivity contribution in [1.82, 2.24) is 4.90 Å². The van der Waals surface area contributed by atoms with Crippen LogP contribution in [-0.2, 0) is 6.54 Å². The first-order valence-corrected chi connectivity index (χ1v) is 8.14. The van der Waals surface area contributed by atoms with Crippen LogP contribution in [0.5, 0.6) is 11.5 Å². The standard InChI is InChI=1S/C21H23NO2/c1-15(16-7-5-4-6-8-16)22(2)14-20-19-13-18(24-3)11-9-17(19)10-12-21(20)23/h4-13,15,23H,14H2,1-3H3. The SMILES string of the molecule is COc1ccc2ccc(O)c(CN(C)C(C)c3ccccc3)c2c1. The van der Waals surface area contributed by atoms with E-state index in [9.17, 15) is 5.11 Å². The van der Waals surface area contributed by atoms with Crippen molar-refractivity contribution in [1.29, 1.82) is 0 Å². The number of aromatic hydroxyl groups is 1. The molecule has 0 aliphatic carbocycles. The molecule has 0 aliphatic heterocycles. The van der Waals surface area contributed by atoms with Gasteiger partial charge in [0.2, 0.25) is 0 Å². The van der Waals surface area contributed by atoms with E-state index >= 15 is 0 Å². The number of phenols is 1. The molecule has 0 fully saturated rings. The number of methoxy groups -OCH3 is 1. The zero-order valence-electron chi connectivity index (χ0n) is 14.4. The van der Waals surface area contributed by atoms with Crippen LogP contribution in [0.1, 0.15) is 24.1 Å². The molecule has 1 N–H and O–H groups in total. The Kier molecular flexibility index (Phi) is 4.72. The Bertz CT molecular complexity index is 830. The Hall–Kier alpha value is -2.52. The van der Waals surface area contributed by atoms with E-state index in [1.807, 2.05) is 30.3 Å². The maximum Gasteiger partial charge on any atom is 0.120 e. The molecule has 1 unspecified atom stereocenters. The lowest BCUT2D eigenvalue weighted by Crippen LogP contribution is -2.22. The van der Waals surface area contributed by atoms with E-state index in [4.69, 9.17) is 4.74 Å². The van der Waals surface area contributed by atoms with Crippen LogP contribution in [-0.4, -0.2) is 24.2 Å². The van der Waals surface area contributed by atoms with E-state index in [0.29, 0.717) is 12.3 Å². The van der Waals surface area contributed by atoms with Crippen molar-refractivity contribution in [3.63, 3.8) is 0 Å². The molecule has 3 nitrogen and oxygen atoms in total. The van der Waals surface area contributed by atoms with E-state index in [1.165, 1.54) is 5.56 Å². The second kappa shape index (κ2) is 6.93. The Morgan fingerprint density at radius 3 is 2.46 bits per heavy atom. The number of phenolic OH excluding ortho intramolecular Hbond substituents is 1. The molecule has 0 aliphatic rings. The summed E-state index contributed by atoms with van der Waals surface area (Å²) in [6.07, 6.45) is 0. The highest BCUT2D eigenvalue weighted by Crippen LogP contribution is 2.32. The molecule has 0 saturated heterocycles. The van der Waals surface area contributed by atoms with Crippen molar-refractivity contribution in [3.05, 3.63) is 71.8 Å². The molecule has 0 amide bonds. The molecule has 0 saturated carbocycles. The summed E-state index contributed by atoms with van der Waals surface area (Å²) < 4.78 is 5.34. The number of fused-ring (bicyclic) bond motifs is 1. The first kappa shape index (κ1) is 16.3. The van der Waals surface area contributed by atoms with Crippen molar-refractivity contribution >= 4 is 10.8 Å². The minimum atomic E-state index is 0.256.